The number of aryl methyl sites for hydroxylation is 1. The van der Waals surface area contributed by atoms with Gasteiger partial charge in [-0.25, -0.2) is 8.42 Å². The van der Waals surface area contributed by atoms with Gasteiger partial charge in [0.1, 0.15) is 5.76 Å². The molecule has 180 valence electrons. The summed E-state index contributed by atoms with van der Waals surface area (Å²) in [6.45, 7) is 9.23. The predicted octanol–water partition coefficient (Wildman–Crippen LogP) is 1.53. The quantitative estimate of drug-likeness (QED) is 0.552. The summed E-state index contributed by atoms with van der Waals surface area (Å²) in [6.07, 6.45) is 0. The molecule has 1 fully saturated rings. The highest BCUT2D eigenvalue weighted by atomic mass is 32.2. The van der Waals surface area contributed by atoms with Crippen LogP contribution in [0, 0.1) is 6.92 Å². The monoisotopic (exact) mass is 478 g/mol. The van der Waals surface area contributed by atoms with E-state index in [1.165, 1.54) is 16.4 Å². The van der Waals surface area contributed by atoms with Gasteiger partial charge in [-0.2, -0.15) is 4.31 Å². The molecular weight excluding hydrogens is 448 g/mol. The zero-order valence-corrected chi connectivity index (χ0v) is 19.9. The van der Waals surface area contributed by atoms with Crippen molar-refractivity contribution in [2.75, 3.05) is 39.4 Å². The molecule has 2 amide bonds. The maximum Gasteiger partial charge on any atom is 0.305 e. The van der Waals surface area contributed by atoms with Gasteiger partial charge in [0.05, 0.1) is 24.7 Å². The van der Waals surface area contributed by atoms with E-state index in [0.717, 1.165) is 13.1 Å². The number of hydrogen-bond donors (Lipinski definition) is 2. The summed E-state index contributed by atoms with van der Waals surface area (Å²) in [5.41, 5.74) is 5.37. The number of sulfonamides is 1. The van der Waals surface area contributed by atoms with Crippen LogP contribution in [0.25, 0.3) is 0 Å². The van der Waals surface area contributed by atoms with Crippen LogP contribution in [0.5, 0.6) is 0 Å². The van der Waals surface area contributed by atoms with E-state index in [0.29, 0.717) is 31.1 Å². The molecule has 11 heteroatoms. The smallest absolute Gasteiger partial charge is 0.305 e. The van der Waals surface area contributed by atoms with Crippen LogP contribution in [0.15, 0.2) is 39.6 Å². The Bertz CT molecular complexity index is 1090. The lowest BCUT2D eigenvalue weighted by molar-refractivity contribution is 0.0730. The Morgan fingerprint density at radius 2 is 1.70 bits per heavy atom. The van der Waals surface area contributed by atoms with Gasteiger partial charge in [0, 0.05) is 18.7 Å². The highest BCUT2D eigenvalue weighted by Crippen LogP contribution is 2.20. The van der Waals surface area contributed by atoms with Gasteiger partial charge in [-0.1, -0.05) is 19.9 Å². The van der Waals surface area contributed by atoms with E-state index in [4.69, 9.17) is 9.15 Å². The van der Waals surface area contributed by atoms with Crippen LogP contribution in [0.1, 0.15) is 46.1 Å². The van der Waals surface area contributed by atoms with Gasteiger partial charge in [0.15, 0.2) is 5.76 Å². The van der Waals surface area contributed by atoms with Gasteiger partial charge in [0.25, 0.3) is 5.91 Å². The number of benzene rings is 1. The summed E-state index contributed by atoms with van der Waals surface area (Å²) in [5, 5.41) is 0. The molecule has 3 rings (SSSR count). The molecule has 0 radical (unpaired) electrons. The van der Waals surface area contributed by atoms with E-state index < -0.39 is 21.8 Å². The van der Waals surface area contributed by atoms with Crippen molar-refractivity contribution in [2.45, 2.75) is 32.2 Å². The minimum absolute atomic E-state index is 0.0126. The van der Waals surface area contributed by atoms with Crippen molar-refractivity contribution < 1.29 is 27.2 Å². The largest absolute Gasteiger partial charge is 0.454 e. The molecule has 0 spiro atoms. The molecule has 0 saturated carbocycles. The van der Waals surface area contributed by atoms with E-state index in [1.54, 1.807) is 25.1 Å². The number of carbonyl (C=O) groups excluding carboxylic acids is 2. The molecule has 2 heterocycles. The summed E-state index contributed by atoms with van der Waals surface area (Å²) < 4.78 is 37.9. The third-order valence-corrected chi connectivity index (χ3v) is 7.41. The number of rotatable bonds is 8. The molecule has 0 atom stereocenters. The van der Waals surface area contributed by atoms with Gasteiger partial charge in [-0.05, 0) is 49.8 Å². The fraction of sp³-hybridized carbons (Fsp3) is 0.455. The van der Waals surface area contributed by atoms with Crippen molar-refractivity contribution in [3.63, 3.8) is 0 Å². The standard InChI is InChI=1S/C22H30N4O6S/c1-4-25(5-2)15-17-7-9-20(32-17)22(28)24-23-21(27)19-14-18(8-6-16(19)3)33(29,30)26-10-12-31-13-11-26/h6-9,14H,4-5,10-13,15H2,1-3H3,(H,23,27)(H,24,28). The van der Waals surface area contributed by atoms with Crippen LogP contribution in [-0.2, 0) is 21.3 Å². The molecule has 1 aromatic carbocycles. The summed E-state index contributed by atoms with van der Waals surface area (Å²) in [5.74, 6) is -0.524. The highest BCUT2D eigenvalue weighted by Gasteiger charge is 2.27. The number of carbonyl (C=O) groups is 2. The highest BCUT2D eigenvalue weighted by molar-refractivity contribution is 7.89. The number of nitrogens with one attached hydrogen (secondary N) is 2. The molecule has 0 unspecified atom stereocenters. The van der Waals surface area contributed by atoms with Gasteiger partial charge in [-0.3, -0.25) is 25.3 Å². The van der Waals surface area contributed by atoms with Crippen molar-refractivity contribution in [2.24, 2.45) is 0 Å². The van der Waals surface area contributed by atoms with Gasteiger partial charge in [-0.15, -0.1) is 0 Å². The molecule has 1 aliphatic heterocycles. The Labute approximate surface area is 193 Å². The van der Waals surface area contributed by atoms with Gasteiger partial charge in [0.2, 0.25) is 10.0 Å². The van der Waals surface area contributed by atoms with Crippen molar-refractivity contribution in [3.8, 4) is 0 Å². The van der Waals surface area contributed by atoms with Crippen LogP contribution >= 0.6 is 0 Å². The van der Waals surface area contributed by atoms with Gasteiger partial charge >= 0.3 is 5.91 Å². The summed E-state index contributed by atoms with van der Waals surface area (Å²) in [7, 11) is -3.75. The molecule has 33 heavy (non-hydrogen) atoms. The predicted molar refractivity (Wildman–Crippen MR) is 121 cm³/mol. The molecular formula is C22H30N4O6S. The van der Waals surface area contributed by atoms with E-state index in [-0.39, 0.29) is 29.3 Å². The molecule has 2 aromatic rings. The van der Waals surface area contributed by atoms with Crippen LogP contribution in [0.2, 0.25) is 0 Å². The zero-order valence-electron chi connectivity index (χ0n) is 19.1. The third kappa shape index (κ3) is 5.99. The molecule has 1 aliphatic rings. The topological polar surface area (TPSA) is 121 Å². The van der Waals surface area contributed by atoms with Crippen molar-refractivity contribution in [1.29, 1.82) is 0 Å². The number of morpholine rings is 1. The van der Waals surface area contributed by atoms with Gasteiger partial charge < -0.3 is 9.15 Å². The fourth-order valence-electron chi connectivity index (χ4n) is 3.44. The van der Waals surface area contributed by atoms with E-state index in [9.17, 15) is 18.0 Å². The van der Waals surface area contributed by atoms with Crippen LogP contribution in [0.3, 0.4) is 0 Å². The molecule has 1 saturated heterocycles. The Balaban J connectivity index is 1.66. The first-order chi connectivity index (χ1) is 15.8. The lowest BCUT2D eigenvalue weighted by Gasteiger charge is -2.26. The second-order valence-corrected chi connectivity index (χ2v) is 9.57. The Morgan fingerprint density at radius 3 is 2.36 bits per heavy atom. The third-order valence-electron chi connectivity index (χ3n) is 5.51. The average molecular weight is 479 g/mol. The Hall–Kier alpha value is -2.73. The number of hydrogen-bond acceptors (Lipinski definition) is 7. The average Bonchev–Trinajstić information content (AvgIpc) is 3.30. The van der Waals surface area contributed by atoms with Crippen LogP contribution < -0.4 is 10.9 Å². The maximum atomic E-state index is 12.9. The molecule has 10 nitrogen and oxygen atoms in total. The summed E-state index contributed by atoms with van der Waals surface area (Å²) >= 11 is 0. The maximum absolute atomic E-state index is 12.9. The van der Waals surface area contributed by atoms with Crippen molar-refractivity contribution in [1.82, 2.24) is 20.1 Å². The normalized spacial score (nSPS) is 14.9. The number of nitrogens with zero attached hydrogens (tertiary/aromatic N) is 2. The van der Waals surface area contributed by atoms with Crippen molar-refractivity contribution in [3.05, 3.63) is 53.0 Å². The first-order valence-corrected chi connectivity index (χ1v) is 12.3. The molecule has 0 aliphatic carbocycles. The minimum atomic E-state index is -3.75. The van der Waals surface area contributed by atoms with Crippen LogP contribution in [0.4, 0.5) is 0 Å². The number of amides is 2. The Kier molecular flexibility index (Phi) is 8.25. The first kappa shape index (κ1) is 24.9. The molecule has 2 N–H and O–H groups in total. The second-order valence-electron chi connectivity index (χ2n) is 7.63. The first-order valence-electron chi connectivity index (χ1n) is 10.9. The fourth-order valence-corrected chi connectivity index (χ4v) is 4.87. The van der Waals surface area contributed by atoms with E-state index in [1.807, 2.05) is 13.8 Å². The van der Waals surface area contributed by atoms with Crippen LogP contribution in [-0.4, -0.2) is 68.8 Å². The summed E-state index contributed by atoms with van der Waals surface area (Å²) in [6, 6.07) is 7.61. The van der Waals surface area contributed by atoms with E-state index in [2.05, 4.69) is 15.8 Å². The SMILES string of the molecule is CCN(CC)Cc1ccc(C(=O)NNC(=O)c2cc(S(=O)(=O)N3CCOCC3)ccc2C)o1. The lowest BCUT2D eigenvalue weighted by atomic mass is 10.1. The van der Waals surface area contributed by atoms with Crippen molar-refractivity contribution >= 4 is 21.8 Å². The second kappa shape index (κ2) is 10.9. The zero-order chi connectivity index (χ0) is 24.0. The van der Waals surface area contributed by atoms with E-state index >= 15 is 0 Å². The molecule has 0 bridgehead atoms. The minimum Gasteiger partial charge on any atom is -0.454 e. The number of furan rings is 1. The number of hydrazine groups is 1. The summed E-state index contributed by atoms with van der Waals surface area (Å²) in [4.78, 5) is 27.2. The lowest BCUT2D eigenvalue weighted by Crippen LogP contribution is -2.42. The number of ether oxygens (including phenoxy) is 1. The molecule has 1 aromatic heterocycles. The Morgan fingerprint density at radius 1 is 1.03 bits per heavy atom.